The fourth-order valence-electron chi connectivity index (χ4n) is 4.67. The number of aromatic nitrogens is 3. The molecule has 0 spiro atoms. The Morgan fingerprint density at radius 3 is 2.63 bits per heavy atom. The maximum Gasteiger partial charge on any atom is 0.281 e. The number of rotatable bonds is 8. The van der Waals surface area contributed by atoms with Gasteiger partial charge in [0.2, 0.25) is 11.6 Å². The minimum atomic E-state index is -0.747. The van der Waals surface area contributed by atoms with Crippen molar-refractivity contribution in [1.29, 1.82) is 5.26 Å². The number of piperidine rings is 1. The van der Waals surface area contributed by atoms with Crippen LogP contribution in [0.2, 0.25) is 5.02 Å². The molecule has 2 heterocycles. The number of hydrogen-bond donors (Lipinski definition) is 1. The molecule has 1 fully saturated rings. The van der Waals surface area contributed by atoms with Gasteiger partial charge in [0.25, 0.3) is 5.91 Å². The molecule has 1 aliphatic heterocycles. The molecule has 1 N–H and O–H groups in total. The first-order valence-electron chi connectivity index (χ1n) is 12.8. The number of methoxy groups -OCH3 is 1. The van der Waals surface area contributed by atoms with E-state index in [1.54, 1.807) is 24.3 Å². The zero-order valence-corrected chi connectivity index (χ0v) is 22.7. The molecule has 1 aromatic heterocycles. The van der Waals surface area contributed by atoms with Gasteiger partial charge in [0, 0.05) is 37.0 Å². The molecule has 1 saturated heterocycles. The van der Waals surface area contributed by atoms with Gasteiger partial charge in [-0.25, -0.2) is 13.5 Å². The molecule has 41 heavy (non-hydrogen) atoms. The number of carbonyl (C=O) groups is 1. The maximum absolute atomic E-state index is 14.0. The number of anilines is 2. The first-order chi connectivity index (χ1) is 19.9. The number of carbonyl (C=O) groups excluding carboxylic acids is 1. The van der Waals surface area contributed by atoms with E-state index < -0.39 is 17.5 Å². The third kappa shape index (κ3) is 6.23. The smallest absolute Gasteiger partial charge is 0.281 e. The van der Waals surface area contributed by atoms with Crippen molar-refractivity contribution in [3.8, 4) is 17.7 Å². The zero-order valence-electron chi connectivity index (χ0n) is 22.0. The molecule has 210 valence electrons. The van der Waals surface area contributed by atoms with Crippen molar-refractivity contribution in [1.82, 2.24) is 15.0 Å². The summed E-state index contributed by atoms with van der Waals surface area (Å²) in [5, 5.41) is 21.0. The number of benzene rings is 3. The third-order valence-corrected chi connectivity index (χ3v) is 7.09. The fourth-order valence-corrected chi connectivity index (χ4v) is 4.86. The minimum Gasteiger partial charge on any atom is -0.487 e. The van der Waals surface area contributed by atoms with E-state index in [1.165, 1.54) is 17.9 Å². The summed E-state index contributed by atoms with van der Waals surface area (Å²) in [6.45, 7) is 1.33. The highest BCUT2D eigenvalue weighted by molar-refractivity contribution is 6.31. The van der Waals surface area contributed by atoms with Gasteiger partial charge in [0.05, 0.1) is 36.7 Å². The highest BCUT2D eigenvalue weighted by Gasteiger charge is 2.26. The molecular weight excluding hydrogens is 554 g/mol. The molecule has 0 aliphatic carbocycles. The predicted octanol–water partition coefficient (Wildman–Crippen LogP) is 5.44. The average molecular weight is 579 g/mol. The minimum absolute atomic E-state index is 0.00713. The molecule has 4 aromatic rings. The van der Waals surface area contributed by atoms with Crippen LogP contribution in [0.25, 0.3) is 0 Å². The number of halogens is 3. The van der Waals surface area contributed by atoms with Gasteiger partial charge in [-0.3, -0.25) is 4.79 Å². The van der Waals surface area contributed by atoms with E-state index in [-0.39, 0.29) is 30.0 Å². The molecule has 0 saturated carbocycles. The summed E-state index contributed by atoms with van der Waals surface area (Å²) in [4.78, 5) is 15.4. The lowest BCUT2D eigenvalue weighted by Crippen LogP contribution is -2.38. The number of nitrogens with zero attached hydrogens (tertiary/aromatic N) is 5. The van der Waals surface area contributed by atoms with Crippen molar-refractivity contribution < 1.29 is 23.0 Å². The highest BCUT2D eigenvalue weighted by Crippen LogP contribution is 2.32. The number of nitrogens with one attached hydrogen (secondary N) is 1. The maximum atomic E-state index is 14.0. The second-order valence-corrected chi connectivity index (χ2v) is 9.78. The first-order valence-corrected chi connectivity index (χ1v) is 13.2. The van der Waals surface area contributed by atoms with Gasteiger partial charge in [0.15, 0.2) is 11.6 Å². The van der Waals surface area contributed by atoms with Gasteiger partial charge in [-0.05, 0) is 42.0 Å². The van der Waals surface area contributed by atoms with E-state index in [0.29, 0.717) is 47.9 Å². The summed E-state index contributed by atoms with van der Waals surface area (Å²) in [5.74, 6) is -1.81. The molecule has 0 radical (unpaired) electrons. The molecule has 1 aliphatic rings. The lowest BCUT2D eigenvalue weighted by molar-refractivity contribution is 0.101. The highest BCUT2D eigenvalue weighted by atomic mass is 35.5. The van der Waals surface area contributed by atoms with Crippen molar-refractivity contribution in [3.05, 3.63) is 94.1 Å². The Balaban J connectivity index is 1.31. The quantitative estimate of drug-likeness (QED) is 0.297. The summed E-state index contributed by atoms with van der Waals surface area (Å²) in [7, 11) is 1.42. The third-order valence-electron chi connectivity index (χ3n) is 6.72. The van der Waals surface area contributed by atoms with Crippen molar-refractivity contribution in [3.63, 3.8) is 0 Å². The first kappa shape index (κ1) is 27.9. The van der Waals surface area contributed by atoms with Crippen LogP contribution in [0.5, 0.6) is 11.6 Å². The fraction of sp³-hybridized carbons (Fsp3) is 0.241. The lowest BCUT2D eigenvalue weighted by atomic mass is 10.1. The van der Waals surface area contributed by atoms with Crippen LogP contribution in [0.15, 0.2) is 60.7 Å². The molecular formula is C29H25ClF2N6O3. The second-order valence-electron chi connectivity index (χ2n) is 9.37. The second kappa shape index (κ2) is 12.2. The number of hydrogen-bond acceptors (Lipinski definition) is 7. The van der Waals surface area contributed by atoms with E-state index in [0.717, 1.165) is 17.7 Å². The van der Waals surface area contributed by atoms with Gasteiger partial charge in [-0.2, -0.15) is 5.26 Å². The van der Waals surface area contributed by atoms with Crippen LogP contribution < -0.4 is 19.7 Å². The molecule has 0 unspecified atom stereocenters. The van der Waals surface area contributed by atoms with Gasteiger partial charge >= 0.3 is 0 Å². The number of ether oxygens (including phenoxy) is 2. The molecule has 0 bridgehead atoms. The van der Waals surface area contributed by atoms with Gasteiger partial charge in [-0.15, -0.1) is 5.10 Å². The molecule has 0 atom stereocenters. The average Bonchev–Trinajstić information content (AvgIpc) is 3.39. The number of amides is 1. The molecule has 3 aromatic carbocycles. The zero-order chi connectivity index (χ0) is 28.9. The monoisotopic (exact) mass is 578 g/mol. The van der Waals surface area contributed by atoms with Crippen LogP contribution in [0, 0.1) is 23.0 Å². The summed E-state index contributed by atoms with van der Waals surface area (Å²) < 4.78 is 40.0. The van der Waals surface area contributed by atoms with Crippen molar-refractivity contribution >= 4 is 28.9 Å². The topological polar surface area (TPSA) is 105 Å². The standard InChI is InChI=1S/C29H25ClF2N6O3/c1-40-29-27(35-36-38(29)17-19-4-2-3-5-22(19)30)28(39)34-24-14-18(16-33)6-8-25(24)37-12-10-21(11-13-37)41-26-9-7-20(31)15-23(26)32/h2-9,14-15,21H,10-13,17H2,1H3,(H,34,39). The molecule has 1 amide bonds. The molecule has 9 nitrogen and oxygen atoms in total. The summed E-state index contributed by atoms with van der Waals surface area (Å²) in [6.07, 6.45) is 0.864. The summed E-state index contributed by atoms with van der Waals surface area (Å²) >= 11 is 6.28. The van der Waals surface area contributed by atoms with Crippen molar-refractivity contribution in [2.75, 3.05) is 30.4 Å². The predicted molar refractivity (Wildman–Crippen MR) is 148 cm³/mol. The summed E-state index contributed by atoms with van der Waals surface area (Å²) in [6, 6.07) is 17.6. The van der Waals surface area contributed by atoms with Crippen LogP contribution in [0.1, 0.15) is 34.5 Å². The van der Waals surface area contributed by atoms with E-state index in [1.807, 2.05) is 23.1 Å². The van der Waals surface area contributed by atoms with Crippen molar-refractivity contribution in [2.45, 2.75) is 25.5 Å². The Kier molecular flexibility index (Phi) is 8.31. The summed E-state index contributed by atoms with van der Waals surface area (Å²) in [5.41, 5.74) is 2.24. The lowest BCUT2D eigenvalue weighted by Gasteiger charge is -2.34. The van der Waals surface area contributed by atoms with Crippen LogP contribution in [-0.2, 0) is 6.54 Å². The SMILES string of the molecule is COc1c(C(=O)Nc2cc(C#N)ccc2N2CCC(Oc3ccc(F)cc3F)CC2)nnn1Cc1ccccc1Cl. The Morgan fingerprint density at radius 1 is 1.15 bits per heavy atom. The van der Waals surface area contributed by atoms with E-state index in [2.05, 4.69) is 21.7 Å². The Bertz CT molecular complexity index is 1610. The van der Waals surface area contributed by atoms with Crippen LogP contribution in [0.3, 0.4) is 0 Å². The Hall–Kier alpha value is -4.69. The van der Waals surface area contributed by atoms with Crippen molar-refractivity contribution in [2.24, 2.45) is 0 Å². The van der Waals surface area contributed by atoms with Gasteiger partial charge < -0.3 is 19.7 Å². The van der Waals surface area contributed by atoms with E-state index in [4.69, 9.17) is 21.1 Å². The van der Waals surface area contributed by atoms with Gasteiger partial charge in [-0.1, -0.05) is 35.0 Å². The largest absolute Gasteiger partial charge is 0.487 e. The molecule has 12 heteroatoms. The van der Waals surface area contributed by atoms with E-state index >= 15 is 0 Å². The Morgan fingerprint density at radius 2 is 1.93 bits per heavy atom. The number of nitriles is 1. The molecule has 5 rings (SSSR count). The van der Waals surface area contributed by atoms with Crippen LogP contribution in [-0.4, -0.2) is 47.2 Å². The van der Waals surface area contributed by atoms with Gasteiger partial charge in [0.1, 0.15) is 11.9 Å². The van der Waals surface area contributed by atoms with E-state index in [9.17, 15) is 18.8 Å². The van der Waals surface area contributed by atoms with Crippen LogP contribution >= 0.6 is 11.6 Å². The Labute approximate surface area is 239 Å². The van der Waals surface area contributed by atoms with Crippen LogP contribution in [0.4, 0.5) is 20.2 Å². The normalized spacial score (nSPS) is 13.5.